The Morgan fingerprint density at radius 1 is 0.950 bits per heavy atom. The van der Waals surface area contributed by atoms with Crippen molar-refractivity contribution in [2.45, 2.75) is 30.6 Å². The summed E-state index contributed by atoms with van der Waals surface area (Å²) in [6, 6.07) is 1.11. The first-order valence-electron chi connectivity index (χ1n) is 5.61. The van der Waals surface area contributed by atoms with Gasteiger partial charge in [-0.1, -0.05) is 0 Å². The molecule has 1 aromatic carbocycles. The summed E-state index contributed by atoms with van der Waals surface area (Å²) in [7, 11) is 1.55. The van der Waals surface area contributed by atoms with E-state index in [9.17, 15) is 26.3 Å². The third-order valence-electron chi connectivity index (χ3n) is 2.88. The summed E-state index contributed by atoms with van der Waals surface area (Å²) >= 11 is 4.08. The van der Waals surface area contributed by atoms with Gasteiger partial charge in [0.2, 0.25) is 0 Å². The fourth-order valence-electron chi connectivity index (χ4n) is 1.60. The van der Waals surface area contributed by atoms with E-state index in [0.29, 0.717) is 12.1 Å². The van der Waals surface area contributed by atoms with E-state index in [0.717, 1.165) is 0 Å². The monoisotopic (exact) mass is 317 g/mol. The van der Waals surface area contributed by atoms with Crippen molar-refractivity contribution >= 4 is 12.6 Å². The maximum Gasteiger partial charge on any atom is 0.416 e. The minimum Gasteiger partial charge on any atom is -0.316 e. The van der Waals surface area contributed by atoms with Gasteiger partial charge in [-0.3, -0.25) is 0 Å². The van der Waals surface area contributed by atoms with E-state index in [1.54, 1.807) is 14.0 Å². The molecule has 1 rings (SSSR count). The van der Waals surface area contributed by atoms with Crippen molar-refractivity contribution in [3.63, 3.8) is 0 Å². The van der Waals surface area contributed by atoms with Crippen LogP contribution in [-0.4, -0.2) is 13.1 Å². The minimum atomic E-state index is -4.84. The predicted molar refractivity (Wildman–Crippen MR) is 66.7 cm³/mol. The molecular weight excluding hydrogens is 304 g/mol. The number of halogens is 6. The number of hydrogen-bond acceptors (Lipinski definition) is 2. The summed E-state index contributed by atoms with van der Waals surface area (Å²) in [6.07, 6.45) is -9.68. The molecule has 114 valence electrons. The van der Waals surface area contributed by atoms with Gasteiger partial charge in [0.15, 0.2) is 0 Å². The fraction of sp³-hybridized carbons (Fsp3) is 0.500. The standard InChI is InChI=1S/C12H13F6NS/c1-6(19-2)10(20)7-3-8(11(13,14)15)5-9(4-7)12(16,17)18/h3-6,10,19-20H,1-2H3. The highest BCUT2D eigenvalue weighted by Gasteiger charge is 2.37. The van der Waals surface area contributed by atoms with E-state index < -0.39 is 28.7 Å². The number of rotatable bonds is 3. The first-order chi connectivity index (χ1) is 8.96. The van der Waals surface area contributed by atoms with Crippen LogP contribution in [0.2, 0.25) is 0 Å². The molecule has 0 aliphatic rings. The smallest absolute Gasteiger partial charge is 0.316 e. The number of nitrogens with one attached hydrogen (secondary N) is 1. The van der Waals surface area contributed by atoms with E-state index in [2.05, 4.69) is 17.9 Å². The van der Waals surface area contributed by atoms with Gasteiger partial charge in [0.25, 0.3) is 0 Å². The number of likely N-dealkylation sites (N-methyl/N-ethyl adjacent to an activating group) is 1. The van der Waals surface area contributed by atoms with Gasteiger partial charge >= 0.3 is 12.4 Å². The van der Waals surface area contributed by atoms with Crippen molar-refractivity contribution in [2.24, 2.45) is 0 Å². The second-order valence-electron chi connectivity index (χ2n) is 4.36. The van der Waals surface area contributed by atoms with Crippen LogP contribution >= 0.6 is 12.6 Å². The quantitative estimate of drug-likeness (QED) is 0.625. The van der Waals surface area contributed by atoms with Gasteiger partial charge in [-0.15, -0.1) is 0 Å². The average Bonchev–Trinajstić information content (AvgIpc) is 2.34. The third kappa shape index (κ3) is 4.05. The molecule has 2 unspecified atom stereocenters. The Morgan fingerprint density at radius 3 is 1.65 bits per heavy atom. The highest BCUT2D eigenvalue weighted by atomic mass is 32.1. The first-order valence-corrected chi connectivity index (χ1v) is 6.13. The Hall–Kier alpha value is -0.890. The second kappa shape index (κ2) is 5.85. The van der Waals surface area contributed by atoms with E-state index >= 15 is 0 Å². The third-order valence-corrected chi connectivity index (χ3v) is 3.63. The topological polar surface area (TPSA) is 12.0 Å². The first kappa shape index (κ1) is 17.2. The van der Waals surface area contributed by atoms with E-state index in [-0.39, 0.29) is 17.7 Å². The summed E-state index contributed by atoms with van der Waals surface area (Å²) in [4.78, 5) is 0. The highest BCUT2D eigenvalue weighted by molar-refractivity contribution is 7.80. The molecule has 0 spiro atoms. The van der Waals surface area contributed by atoms with E-state index in [1.165, 1.54) is 0 Å². The molecule has 0 radical (unpaired) electrons. The molecule has 0 bridgehead atoms. The highest BCUT2D eigenvalue weighted by Crippen LogP contribution is 2.38. The lowest BCUT2D eigenvalue weighted by Gasteiger charge is -2.21. The number of alkyl halides is 6. The van der Waals surface area contributed by atoms with Crippen LogP contribution in [0.1, 0.15) is 28.9 Å². The number of hydrogen-bond donors (Lipinski definition) is 2. The Balaban J connectivity index is 3.38. The largest absolute Gasteiger partial charge is 0.416 e. The Labute approximate surface area is 117 Å². The maximum atomic E-state index is 12.7. The minimum absolute atomic E-state index is 0.105. The molecule has 1 aromatic rings. The lowest BCUT2D eigenvalue weighted by Crippen LogP contribution is -2.26. The molecule has 20 heavy (non-hydrogen) atoms. The molecule has 0 heterocycles. The van der Waals surface area contributed by atoms with Gasteiger partial charge in [-0.25, -0.2) is 0 Å². The van der Waals surface area contributed by atoms with Crippen LogP contribution in [0.5, 0.6) is 0 Å². The SMILES string of the molecule is CNC(C)C(S)c1cc(C(F)(F)F)cc(C(F)(F)F)c1. The van der Waals surface area contributed by atoms with Crippen molar-refractivity contribution in [1.29, 1.82) is 0 Å². The normalized spacial score (nSPS) is 16.1. The molecule has 8 heteroatoms. The molecule has 0 aliphatic heterocycles. The summed E-state index contributed by atoms with van der Waals surface area (Å²) in [5.41, 5.74) is -2.79. The van der Waals surface area contributed by atoms with Crippen LogP contribution in [0.25, 0.3) is 0 Å². The zero-order valence-electron chi connectivity index (χ0n) is 10.6. The predicted octanol–water partition coefficient (Wildman–Crippen LogP) is 4.30. The van der Waals surface area contributed by atoms with Gasteiger partial charge in [-0.2, -0.15) is 39.0 Å². The zero-order valence-corrected chi connectivity index (χ0v) is 11.5. The van der Waals surface area contributed by atoms with E-state index in [1.807, 2.05) is 0 Å². The van der Waals surface area contributed by atoms with Gasteiger partial charge in [0, 0.05) is 11.3 Å². The Morgan fingerprint density at radius 2 is 1.35 bits per heavy atom. The second-order valence-corrected chi connectivity index (χ2v) is 4.92. The van der Waals surface area contributed by atoms with Crippen LogP contribution < -0.4 is 5.32 Å². The molecule has 0 fully saturated rings. The van der Waals surface area contributed by atoms with Crippen molar-refractivity contribution in [1.82, 2.24) is 5.32 Å². The Kier molecular flexibility index (Phi) is 5.02. The summed E-state index contributed by atoms with van der Waals surface area (Å²) in [6.45, 7) is 1.62. The Bertz CT molecular complexity index is 436. The molecule has 1 N–H and O–H groups in total. The van der Waals surface area contributed by atoms with Crippen molar-refractivity contribution in [2.75, 3.05) is 7.05 Å². The lowest BCUT2D eigenvalue weighted by atomic mass is 9.99. The number of thiol groups is 1. The van der Waals surface area contributed by atoms with Crippen LogP contribution in [0.3, 0.4) is 0 Å². The van der Waals surface area contributed by atoms with Crippen molar-refractivity contribution in [3.05, 3.63) is 34.9 Å². The van der Waals surface area contributed by atoms with Crippen molar-refractivity contribution < 1.29 is 26.3 Å². The van der Waals surface area contributed by atoms with E-state index in [4.69, 9.17) is 0 Å². The van der Waals surface area contributed by atoms with Gasteiger partial charge in [-0.05, 0) is 37.7 Å². The molecule has 0 saturated heterocycles. The van der Waals surface area contributed by atoms with Crippen LogP contribution in [-0.2, 0) is 12.4 Å². The molecule has 2 atom stereocenters. The molecule has 0 aromatic heterocycles. The van der Waals surface area contributed by atoms with Crippen LogP contribution in [0, 0.1) is 0 Å². The molecule has 1 nitrogen and oxygen atoms in total. The van der Waals surface area contributed by atoms with Crippen LogP contribution in [0.4, 0.5) is 26.3 Å². The number of benzene rings is 1. The summed E-state index contributed by atoms with van der Waals surface area (Å²) in [5, 5.41) is 1.95. The molecule has 0 aliphatic carbocycles. The maximum absolute atomic E-state index is 12.7. The van der Waals surface area contributed by atoms with Gasteiger partial charge in [0.1, 0.15) is 0 Å². The van der Waals surface area contributed by atoms with Crippen LogP contribution in [0.15, 0.2) is 18.2 Å². The van der Waals surface area contributed by atoms with Gasteiger partial charge in [0.05, 0.1) is 11.1 Å². The molecular formula is C12H13F6NS. The zero-order chi connectivity index (χ0) is 15.7. The van der Waals surface area contributed by atoms with Crippen molar-refractivity contribution in [3.8, 4) is 0 Å². The summed E-state index contributed by atoms with van der Waals surface area (Å²) in [5.74, 6) is 0. The van der Waals surface area contributed by atoms with Gasteiger partial charge < -0.3 is 5.32 Å². The summed E-state index contributed by atoms with van der Waals surface area (Å²) < 4.78 is 76.0. The fourth-order valence-corrected chi connectivity index (χ4v) is 1.89. The molecule has 0 amide bonds. The lowest BCUT2D eigenvalue weighted by molar-refractivity contribution is -0.143. The average molecular weight is 317 g/mol. The molecule has 0 saturated carbocycles.